The second-order valence-corrected chi connectivity index (χ2v) is 6.07. The predicted octanol–water partition coefficient (Wildman–Crippen LogP) is 3.69. The molecule has 132 valence electrons. The van der Waals surface area contributed by atoms with E-state index in [-0.39, 0.29) is 18.3 Å². The molecule has 0 spiro atoms. The molecular formula is C21H20N2O3. The number of fused-ring (bicyclic) bond motifs is 1. The zero-order chi connectivity index (χ0) is 18.5. The van der Waals surface area contributed by atoms with E-state index in [4.69, 9.17) is 4.74 Å². The Kier molecular flexibility index (Phi) is 5.17. The lowest BCUT2D eigenvalue weighted by molar-refractivity contribution is -0.123. The van der Waals surface area contributed by atoms with Crippen LogP contribution in [0.25, 0.3) is 10.8 Å². The lowest BCUT2D eigenvalue weighted by atomic mass is 10.0. The zero-order valence-corrected chi connectivity index (χ0v) is 14.7. The fourth-order valence-corrected chi connectivity index (χ4v) is 2.73. The summed E-state index contributed by atoms with van der Waals surface area (Å²) in [5.41, 5.74) is 5.08. The van der Waals surface area contributed by atoms with Crippen molar-refractivity contribution in [2.75, 3.05) is 6.61 Å². The average molecular weight is 348 g/mol. The molecule has 0 aliphatic heterocycles. The number of phenolic OH excluding ortho intramolecular Hbond substituents is 1. The molecule has 3 aromatic rings. The molecule has 0 atom stereocenters. The average Bonchev–Trinajstić information content (AvgIpc) is 2.63. The molecule has 0 saturated carbocycles. The van der Waals surface area contributed by atoms with Crippen molar-refractivity contribution >= 4 is 22.9 Å². The normalized spacial score (nSPS) is 11.0. The number of hydrogen-bond acceptors (Lipinski definition) is 4. The second kappa shape index (κ2) is 7.70. The van der Waals surface area contributed by atoms with Crippen molar-refractivity contribution < 1.29 is 14.6 Å². The van der Waals surface area contributed by atoms with Crippen LogP contribution >= 0.6 is 0 Å². The van der Waals surface area contributed by atoms with Crippen LogP contribution in [0.3, 0.4) is 0 Å². The summed E-state index contributed by atoms with van der Waals surface area (Å²) >= 11 is 0. The van der Waals surface area contributed by atoms with E-state index >= 15 is 0 Å². The highest BCUT2D eigenvalue weighted by Gasteiger charge is 2.06. The van der Waals surface area contributed by atoms with Gasteiger partial charge in [-0.25, -0.2) is 5.43 Å². The zero-order valence-electron chi connectivity index (χ0n) is 14.7. The number of aryl methyl sites for hydroxylation is 2. The fraction of sp³-hybridized carbons (Fsp3) is 0.143. The van der Waals surface area contributed by atoms with Gasteiger partial charge in [0.25, 0.3) is 5.91 Å². The number of amides is 1. The Morgan fingerprint density at radius 2 is 1.96 bits per heavy atom. The van der Waals surface area contributed by atoms with Gasteiger partial charge in [0.05, 0.1) is 6.21 Å². The molecule has 2 N–H and O–H groups in total. The van der Waals surface area contributed by atoms with Gasteiger partial charge >= 0.3 is 0 Å². The molecule has 0 saturated heterocycles. The largest absolute Gasteiger partial charge is 0.507 e. The molecule has 5 heteroatoms. The predicted molar refractivity (Wildman–Crippen MR) is 103 cm³/mol. The second-order valence-electron chi connectivity index (χ2n) is 6.07. The third-order valence-corrected chi connectivity index (χ3v) is 4.02. The van der Waals surface area contributed by atoms with Crippen molar-refractivity contribution in [3.05, 3.63) is 71.3 Å². The van der Waals surface area contributed by atoms with Crippen LogP contribution in [0, 0.1) is 13.8 Å². The van der Waals surface area contributed by atoms with Crippen LogP contribution < -0.4 is 10.2 Å². The summed E-state index contributed by atoms with van der Waals surface area (Å²) in [4.78, 5) is 11.9. The lowest BCUT2D eigenvalue weighted by Crippen LogP contribution is -2.24. The van der Waals surface area contributed by atoms with Gasteiger partial charge in [-0.2, -0.15) is 5.10 Å². The van der Waals surface area contributed by atoms with Gasteiger partial charge in [-0.15, -0.1) is 0 Å². The monoisotopic (exact) mass is 348 g/mol. The van der Waals surface area contributed by atoms with Crippen LogP contribution in [-0.4, -0.2) is 23.8 Å². The van der Waals surface area contributed by atoms with Crippen molar-refractivity contribution in [1.29, 1.82) is 0 Å². The first-order chi connectivity index (χ1) is 12.5. The molecule has 0 radical (unpaired) electrons. The van der Waals surface area contributed by atoms with Crippen LogP contribution in [0.15, 0.2) is 59.7 Å². The minimum Gasteiger partial charge on any atom is -0.507 e. The van der Waals surface area contributed by atoms with E-state index < -0.39 is 0 Å². The molecule has 1 amide bonds. The Morgan fingerprint density at radius 1 is 1.15 bits per heavy atom. The van der Waals surface area contributed by atoms with E-state index in [1.807, 2.05) is 62.4 Å². The maximum atomic E-state index is 11.9. The molecule has 0 heterocycles. The van der Waals surface area contributed by atoms with Gasteiger partial charge in [-0.05, 0) is 42.3 Å². The lowest BCUT2D eigenvalue weighted by Gasteiger charge is -2.08. The number of ether oxygens (including phenoxy) is 1. The maximum Gasteiger partial charge on any atom is 0.277 e. The van der Waals surface area contributed by atoms with Crippen molar-refractivity contribution in [1.82, 2.24) is 5.43 Å². The van der Waals surface area contributed by atoms with Gasteiger partial charge < -0.3 is 9.84 Å². The molecule has 0 fully saturated rings. The number of carbonyl (C=O) groups is 1. The van der Waals surface area contributed by atoms with Crippen LogP contribution in [0.4, 0.5) is 0 Å². The van der Waals surface area contributed by atoms with Crippen LogP contribution in [0.1, 0.15) is 16.7 Å². The Morgan fingerprint density at radius 3 is 2.77 bits per heavy atom. The number of hydrazone groups is 1. The third kappa shape index (κ3) is 4.00. The summed E-state index contributed by atoms with van der Waals surface area (Å²) in [6, 6.07) is 16.9. The van der Waals surface area contributed by atoms with Crippen molar-refractivity contribution in [2.45, 2.75) is 13.8 Å². The fourth-order valence-electron chi connectivity index (χ4n) is 2.73. The first-order valence-corrected chi connectivity index (χ1v) is 8.27. The van der Waals surface area contributed by atoms with Gasteiger partial charge in [0.2, 0.25) is 0 Å². The molecule has 0 unspecified atom stereocenters. The summed E-state index contributed by atoms with van der Waals surface area (Å²) in [5, 5.41) is 15.8. The van der Waals surface area contributed by atoms with E-state index in [1.54, 1.807) is 6.07 Å². The van der Waals surface area contributed by atoms with E-state index in [9.17, 15) is 9.90 Å². The van der Waals surface area contributed by atoms with Crippen LogP contribution in [0.5, 0.6) is 11.5 Å². The quantitative estimate of drug-likeness (QED) is 0.546. The van der Waals surface area contributed by atoms with Crippen LogP contribution in [-0.2, 0) is 4.79 Å². The summed E-state index contributed by atoms with van der Waals surface area (Å²) in [7, 11) is 0. The van der Waals surface area contributed by atoms with Gasteiger partial charge in [-0.1, -0.05) is 48.0 Å². The van der Waals surface area contributed by atoms with E-state index in [1.165, 1.54) is 6.21 Å². The molecule has 0 aromatic heterocycles. The molecule has 0 aliphatic rings. The number of hydrogen-bond donors (Lipinski definition) is 2. The number of aromatic hydroxyl groups is 1. The van der Waals surface area contributed by atoms with Crippen molar-refractivity contribution in [2.24, 2.45) is 5.10 Å². The Labute approximate surface area is 151 Å². The molecular weight excluding hydrogens is 328 g/mol. The summed E-state index contributed by atoms with van der Waals surface area (Å²) < 4.78 is 5.51. The van der Waals surface area contributed by atoms with Gasteiger partial charge in [0, 0.05) is 5.56 Å². The highest BCUT2D eigenvalue weighted by atomic mass is 16.5. The molecule has 0 bridgehead atoms. The molecule has 3 aromatic carbocycles. The first kappa shape index (κ1) is 17.5. The summed E-state index contributed by atoms with van der Waals surface area (Å²) in [5.74, 6) is 0.399. The number of phenols is 1. The number of rotatable bonds is 5. The number of nitrogens with zero attached hydrogens (tertiary/aromatic N) is 1. The van der Waals surface area contributed by atoms with Crippen LogP contribution in [0.2, 0.25) is 0 Å². The standard InChI is InChI=1S/C21H20N2O3/c1-14-7-10-20(15(2)11-14)26-13-21(25)23-22-12-18-17-6-4-3-5-16(17)8-9-19(18)24/h3-12,24H,13H2,1-2H3,(H,23,25)/b22-12-. The van der Waals surface area contributed by atoms with Crippen molar-refractivity contribution in [3.63, 3.8) is 0 Å². The van der Waals surface area contributed by atoms with Gasteiger partial charge in [-0.3, -0.25) is 4.79 Å². The van der Waals surface area contributed by atoms with E-state index in [0.717, 1.165) is 21.9 Å². The maximum absolute atomic E-state index is 11.9. The SMILES string of the molecule is Cc1ccc(OCC(=O)N/N=C\c2c(O)ccc3ccccc23)c(C)c1. The van der Waals surface area contributed by atoms with E-state index in [2.05, 4.69) is 10.5 Å². The minimum absolute atomic E-state index is 0.105. The molecule has 26 heavy (non-hydrogen) atoms. The third-order valence-electron chi connectivity index (χ3n) is 4.02. The topological polar surface area (TPSA) is 70.9 Å². The molecule has 5 nitrogen and oxygen atoms in total. The summed E-state index contributed by atoms with van der Waals surface area (Å²) in [6.07, 6.45) is 1.44. The first-order valence-electron chi connectivity index (χ1n) is 8.27. The van der Waals surface area contributed by atoms with Crippen molar-refractivity contribution in [3.8, 4) is 11.5 Å². The smallest absolute Gasteiger partial charge is 0.277 e. The van der Waals surface area contributed by atoms with E-state index in [0.29, 0.717) is 11.3 Å². The number of carbonyl (C=O) groups excluding carboxylic acids is 1. The van der Waals surface area contributed by atoms with Gasteiger partial charge in [0.1, 0.15) is 11.5 Å². The number of benzene rings is 3. The Bertz CT molecular complexity index is 980. The molecule has 0 aliphatic carbocycles. The molecule has 3 rings (SSSR count). The Hall–Kier alpha value is -3.34. The summed E-state index contributed by atoms with van der Waals surface area (Å²) in [6.45, 7) is 3.80. The highest BCUT2D eigenvalue weighted by Crippen LogP contribution is 2.25. The highest BCUT2D eigenvalue weighted by molar-refractivity contribution is 6.02. The Balaban J connectivity index is 1.64. The number of nitrogens with one attached hydrogen (secondary N) is 1. The van der Waals surface area contributed by atoms with Gasteiger partial charge in [0.15, 0.2) is 6.61 Å². The minimum atomic E-state index is -0.374.